The number of carbonyl (C=O) groups is 1. The normalized spacial score (nSPS) is 20.7. The van der Waals surface area contributed by atoms with Crippen LogP contribution in [0.3, 0.4) is 0 Å². The Balaban J connectivity index is 1.65. The van der Waals surface area contributed by atoms with Crippen molar-refractivity contribution in [3.05, 3.63) is 30.1 Å². The third kappa shape index (κ3) is 4.33. The van der Waals surface area contributed by atoms with Gasteiger partial charge in [-0.05, 0) is 48.4 Å². The van der Waals surface area contributed by atoms with Gasteiger partial charge < -0.3 is 15.7 Å². The van der Waals surface area contributed by atoms with E-state index in [9.17, 15) is 9.90 Å². The van der Waals surface area contributed by atoms with E-state index < -0.39 is 0 Å². The summed E-state index contributed by atoms with van der Waals surface area (Å²) >= 11 is 0. The van der Waals surface area contributed by atoms with Crippen molar-refractivity contribution >= 4 is 11.7 Å². The minimum absolute atomic E-state index is 0.0115. The Labute approximate surface area is 146 Å². The lowest BCUT2D eigenvalue weighted by atomic mass is 9.96. The molecule has 2 atom stereocenters. The third-order valence-electron chi connectivity index (χ3n) is 4.68. The van der Waals surface area contributed by atoms with E-state index in [-0.39, 0.29) is 24.6 Å². The first-order chi connectivity index (χ1) is 12.2. The van der Waals surface area contributed by atoms with Gasteiger partial charge in [0.1, 0.15) is 0 Å². The maximum absolute atomic E-state index is 12.4. The van der Waals surface area contributed by atoms with Crippen molar-refractivity contribution in [2.45, 2.75) is 45.1 Å². The van der Waals surface area contributed by atoms with Crippen LogP contribution in [0.1, 0.15) is 37.9 Å². The van der Waals surface area contributed by atoms with Gasteiger partial charge in [0.25, 0.3) is 0 Å². The Bertz CT molecular complexity index is 717. The summed E-state index contributed by atoms with van der Waals surface area (Å²) in [6.07, 6.45) is 5.20. The number of urea groups is 1. The maximum Gasteiger partial charge on any atom is 0.319 e. The summed E-state index contributed by atoms with van der Waals surface area (Å²) in [7, 11) is 0. The molecule has 134 valence electrons. The molecule has 0 radical (unpaired) electrons. The zero-order chi connectivity index (χ0) is 17.6. The van der Waals surface area contributed by atoms with Crippen molar-refractivity contribution in [2.24, 2.45) is 5.92 Å². The molecule has 8 heteroatoms. The molecule has 1 aliphatic rings. The van der Waals surface area contributed by atoms with Crippen molar-refractivity contribution in [3.63, 3.8) is 0 Å². The molecule has 2 amide bonds. The Morgan fingerprint density at radius 3 is 2.92 bits per heavy atom. The summed E-state index contributed by atoms with van der Waals surface area (Å²) < 4.78 is 1.61. The van der Waals surface area contributed by atoms with Crippen LogP contribution in [-0.2, 0) is 0 Å². The maximum atomic E-state index is 12.4. The minimum atomic E-state index is -0.254. The molecule has 1 fully saturated rings. The molecular formula is C17H24N6O2. The van der Waals surface area contributed by atoms with Gasteiger partial charge in [0.05, 0.1) is 5.69 Å². The van der Waals surface area contributed by atoms with Crippen molar-refractivity contribution < 1.29 is 9.90 Å². The minimum Gasteiger partial charge on any atom is -0.396 e. The first-order valence-electron chi connectivity index (χ1n) is 8.71. The fourth-order valence-corrected chi connectivity index (χ4v) is 3.31. The van der Waals surface area contributed by atoms with E-state index in [2.05, 4.69) is 26.2 Å². The average Bonchev–Trinajstić information content (AvgIpc) is 2.90. The van der Waals surface area contributed by atoms with Gasteiger partial charge in [-0.1, -0.05) is 25.3 Å². The number of aromatic nitrogens is 4. The first-order valence-corrected chi connectivity index (χ1v) is 8.71. The Hall–Kier alpha value is -2.48. The highest BCUT2D eigenvalue weighted by Crippen LogP contribution is 2.23. The van der Waals surface area contributed by atoms with Crippen molar-refractivity contribution in [3.8, 4) is 5.69 Å². The Kier molecular flexibility index (Phi) is 5.60. The molecule has 0 spiro atoms. The zero-order valence-corrected chi connectivity index (χ0v) is 14.4. The molecule has 0 bridgehead atoms. The van der Waals surface area contributed by atoms with Crippen LogP contribution in [0.15, 0.2) is 24.3 Å². The SMILES string of the molecule is Cc1nnnn1-c1cccc(NC(=O)N[C@@H]2CCCCC[C@H]2CO)c1. The largest absolute Gasteiger partial charge is 0.396 e. The third-order valence-corrected chi connectivity index (χ3v) is 4.68. The second-order valence-corrected chi connectivity index (χ2v) is 6.47. The number of benzene rings is 1. The van der Waals surface area contributed by atoms with Gasteiger partial charge in [-0.25, -0.2) is 4.79 Å². The number of aryl methyl sites for hydroxylation is 1. The number of aliphatic hydroxyl groups excluding tert-OH is 1. The van der Waals surface area contributed by atoms with Gasteiger partial charge in [-0.3, -0.25) is 0 Å². The number of nitrogens with zero attached hydrogens (tertiary/aromatic N) is 4. The molecule has 1 aromatic heterocycles. The number of carbonyl (C=O) groups excluding carboxylic acids is 1. The summed E-state index contributed by atoms with van der Waals surface area (Å²) in [6, 6.07) is 7.11. The molecule has 1 aliphatic carbocycles. The van der Waals surface area contributed by atoms with Crippen LogP contribution >= 0.6 is 0 Å². The fourth-order valence-electron chi connectivity index (χ4n) is 3.31. The van der Waals surface area contributed by atoms with E-state index in [0.29, 0.717) is 11.5 Å². The van der Waals surface area contributed by atoms with Crippen LogP contribution in [0.25, 0.3) is 5.69 Å². The monoisotopic (exact) mass is 344 g/mol. The number of nitrogens with one attached hydrogen (secondary N) is 2. The predicted octanol–water partition coefficient (Wildman–Crippen LogP) is 2.03. The lowest BCUT2D eigenvalue weighted by Gasteiger charge is -2.24. The van der Waals surface area contributed by atoms with Gasteiger partial charge in [0.15, 0.2) is 5.82 Å². The van der Waals surface area contributed by atoms with Crippen LogP contribution < -0.4 is 10.6 Å². The second-order valence-electron chi connectivity index (χ2n) is 6.47. The smallest absolute Gasteiger partial charge is 0.319 e. The van der Waals surface area contributed by atoms with E-state index in [4.69, 9.17) is 0 Å². The van der Waals surface area contributed by atoms with Gasteiger partial charge >= 0.3 is 6.03 Å². The number of amides is 2. The molecule has 25 heavy (non-hydrogen) atoms. The molecule has 3 N–H and O–H groups in total. The molecule has 0 saturated heterocycles. The summed E-state index contributed by atoms with van der Waals surface area (Å²) in [5.41, 5.74) is 1.45. The molecule has 1 heterocycles. The highest BCUT2D eigenvalue weighted by molar-refractivity contribution is 5.89. The predicted molar refractivity (Wildman–Crippen MR) is 93.5 cm³/mol. The first kappa shape index (κ1) is 17.3. The molecular weight excluding hydrogens is 320 g/mol. The molecule has 0 unspecified atom stereocenters. The second kappa shape index (κ2) is 8.06. The lowest BCUT2D eigenvalue weighted by Crippen LogP contribution is -2.43. The highest BCUT2D eigenvalue weighted by atomic mass is 16.3. The van der Waals surface area contributed by atoms with Gasteiger partial charge in [0.2, 0.25) is 0 Å². The van der Waals surface area contributed by atoms with Crippen LogP contribution in [0.2, 0.25) is 0 Å². The van der Waals surface area contributed by atoms with Crippen molar-refractivity contribution in [1.82, 2.24) is 25.5 Å². The number of anilines is 1. The van der Waals surface area contributed by atoms with Gasteiger partial charge in [-0.2, -0.15) is 4.68 Å². The van der Waals surface area contributed by atoms with E-state index >= 15 is 0 Å². The van der Waals surface area contributed by atoms with Crippen LogP contribution in [-0.4, -0.2) is 44.0 Å². The number of hydrogen-bond donors (Lipinski definition) is 3. The molecule has 1 aromatic carbocycles. The zero-order valence-electron chi connectivity index (χ0n) is 14.4. The Morgan fingerprint density at radius 2 is 2.16 bits per heavy atom. The van der Waals surface area contributed by atoms with Gasteiger partial charge in [0, 0.05) is 24.3 Å². The summed E-state index contributed by atoms with van der Waals surface area (Å²) in [6.45, 7) is 1.92. The van der Waals surface area contributed by atoms with Crippen LogP contribution in [0.4, 0.5) is 10.5 Å². The lowest BCUT2D eigenvalue weighted by molar-refractivity contribution is 0.182. The summed E-state index contributed by atoms with van der Waals surface area (Å²) in [4.78, 5) is 12.4. The average molecular weight is 344 g/mol. The van der Waals surface area contributed by atoms with Crippen molar-refractivity contribution in [2.75, 3.05) is 11.9 Å². The molecule has 1 saturated carbocycles. The van der Waals surface area contributed by atoms with Crippen molar-refractivity contribution in [1.29, 1.82) is 0 Å². The van der Waals surface area contributed by atoms with Crippen LogP contribution in [0, 0.1) is 12.8 Å². The van der Waals surface area contributed by atoms with E-state index in [1.54, 1.807) is 4.68 Å². The Morgan fingerprint density at radius 1 is 1.32 bits per heavy atom. The molecule has 0 aliphatic heterocycles. The molecule has 3 rings (SSSR count). The van der Waals surface area contributed by atoms with E-state index in [0.717, 1.165) is 37.8 Å². The van der Waals surface area contributed by atoms with E-state index in [1.807, 2.05) is 31.2 Å². The van der Waals surface area contributed by atoms with Gasteiger partial charge in [-0.15, -0.1) is 5.10 Å². The number of tetrazole rings is 1. The number of hydrogen-bond acceptors (Lipinski definition) is 5. The fraction of sp³-hybridized carbons (Fsp3) is 0.529. The summed E-state index contributed by atoms with van der Waals surface area (Å²) in [5.74, 6) is 0.800. The quantitative estimate of drug-likeness (QED) is 0.736. The summed E-state index contributed by atoms with van der Waals surface area (Å²) in [5, 5.41) is 26.9. The topological polar surface area (TPSA) is 105 Å². The number of rotatable bonds is 4. The highest BCUT2D eigenvalue weighted by Gasteiger charge is 2.24. The molecule has 2 aromatic rings. The van der Waals surface area contributed by atoms with Crippen LogP contribution in [0.5, 0.6) is 0 Å². The van der Waals surface area contributed by atoms with E-state index in [1.165, 1.54) is 0 Å². The molecule has 8 nitrogen and oxygen atoms in total. The number of aliphatic hydroxyl groups is 1. The standard InChI is InChI=1S/C17H24N6O2/c1-12-20-21-22-23(12)15-8-5-7-14(10-15)18-17(25)19-16-9-4-2-3-6-13(16)11-24/h5,7-8,10,13,16,24H,2-4,6,9,11H2,1H3,(H2,18,19,25)/t13-,16+/m0/s1.